The smallest absolute Gasteiger partial charge is 0.337 e. The van der Waals surface area contributed by atoms with Crippen molar-refractivity contribution in [3.8, 4) is 0 Å². The zero-order chi connectivity index (χ0) is 24.5. The normalized spacial score (nSPS) is 22.3. The standard InChI is InChI=1S/C25H28N6O3S/c1-15-4-5-18(12-16(15)2)20-13-21-23-27-28-25(30(23)10-11-31(21)29-20)35-14-22(32)26-19-8-6-17(7-9-19)24(33)34-3/h4-12,20-21,23,27,29H,13-14H2,1-3H3,(H,26,32). The van der Waals surface area contributed by atoms with Crippen LogP contribution in [0.2, 0.25) is 0 Å². The van der Waals surface area contributed by atoms with Crippen molar-refractivity contribution in [3.05, 3.63) is 77.1 Å². The van der Waals surface area contributed by atoms with Crippen molar-refractivity contribution in [2.75, 3.05) is 18.2 Å². The largest absolute Gasteiger partial charge is 0.465 e. The van der Waals surface area contributed by atoms with Gasteiger partial charge in [0.15, 0.2) is 5.17 Å². The lowest BCUT2D eigenvalue weighted by Crippen LogP contribution is -2.54. The second kappa shape index (κ2) is 9.63. The van der Waals surface area contributed by atoms with Gasteiger partial charge in [0.05, 0.1) is 30.5 Å². The van der Waals surface area contributed by atoms with Crippen LogP contribution in [0.3, 0.4) is 0 Å². The van der Waals surface area contributed by atoms with E-state index in [2.05, 4.69) is 63.2 Å². The Kier molecular flexibility index (Phi) is 6.40. The number of hydrogen-bond acceptors (Lipinski definition) is 9. The molecule has 0 aromatic heterocycles. The Bertz CT molecular complexity index is 1200. The summed E-state index contributed by atoms with van der Waals surface area (Å²) >= 11 is 1.38. The van der Waals surface area contributed by atoms with Crippen molar-refractivity contribution >= 4 is 34.5 Å². The number of amides is 1. The molecule has 10 heteroatoms. The van der Waals surface area contributed by atoms with E-state index < -0.39 is 5.97 Å². The summed E-state index contributed by atoms with van der Waals surface area (Å²) in [5.41, 5.74) is 11.8. The van der Waals surface area contributed by atoms with Gasteiger partial charge in [0.25, 0.3) is 0 Å². The molecule has 2 aromatic carbocycles. The number of ether oxygens (including phenoxy) is 1. The molecule has 0 radical (unpaired) electrons. The summed E-state index contributed by atoms with van der Waals surface area (Å²) < 4.78 is 4.69. The van der Waals surface area contributed by atoms with Gasteiger partial charge in [-0.25, -0.2) is 10.2 Å². The average Bonchev–Trinajstić information content (AvgIpc) is 3.48. The number of nitrogens with one attached hydrogen (secondary N) is 3. The first kappa shape index (κ1) is 23.3. The summed E-state index contributed by atoms with van der Waals surface area (Å²) in [4.78, 5) is 26.1. The van der Waals surface area contributed by atoms with Gasteiger partial charge in [-0.3, -0.25) is 10.2 Å². The highest BCUT2D eigenvalue weighted by atomic mass is 32.2. The van der Waals surface area contributed by atoms with Crippen LogP contribution >= 0.6 is 11.8 Å². The van der Waals surface area contributed by atoms with Crippen LogP contribution in [0, 0.1) is 13.8 Å². The number of aryl methyl sites for hydroxylation is 2. The first-order valence-corrected chi connectivity index (χ1v) is 12.4. The Morgan fingerprint density at radius 2 is 1.94 bits per heavy atom. The molecule has 3 atom stereocenters. The Labute approximate surface area is 208 Å². The van der Waals surface area contributed by atoms with Crippen LogP contribution < -0.4 is 16.2 Å². The number of hydrazone groups is 1. The van der Waals surface area contributed by atoms with Crippen molar-refractivity contribution in [2.24, 2.45) is 5.10 Å². The molecule has 1 amide bonds. The molecule has 2 aromatic rings. The van der Waals surface area contributed by atoms with Gasteiger partial charge in [-0.2, -0.15) is 5.10 Å². The van der Waals surface area contributed by atoms with Crippen molar-refractivity contribution in [2.45, 2.75) is 38.5 Å². The minimum Gasteiger partial charge on any atom is -0.465 e. The lowest BCUT2D eigenvalue weighted by Gasteiger charge is -2.36. The van der Waals surface area contributed by atoms with Crippen molar-refractivity contribution in [3.63, 3.8) is 0 Å². The minimum atomic E-state index is -0.411. The van der Waals surface area contributed by atoms with Crippen LogP contribution in [0.5, 0.6) is 0 Å². The zero-order valence-corrected chi connectivity index (χ0v) is 20.6. The highest BCUT2D eigenvalue weighted by Crippen LogP contribution is 2.35. The summed E-state index contributed by atoms with van der Waals surface area (Å²) in [7, 11) is 1.34. The SMILES string of the molecule is COC(=O)c1ccc(NC(=O)CSC2=NNC3C4CC(c5ccc(C)c(C)c5)NN4C=CN23)cc1. The van der Waals surface area contributed by atoms with Crippen LogP contribution in [0.15, 0.2) is 60.0 Å². The van der Waals surface area contributed by atoms with Crippen LogP contribution in [0.1, 0.15) is 39.5 Å². The molecule has 182 valence electrons. The number of benzene rings is 2. The second-order valence-electron chi connectivity index (χ2n) is 8.82. The van der Waals surface area contributed by atoms with Gasteiger partial charge in [-0.1, -0.05) is 30.0 Å². The second-order valence-corrected chi connectivity index (χ2v) is 9.76. The number of methoxy groups -OCH3 is 1. The first-order chi connectivity index (χ1) is 16.9. The maximum absolute atomic E-state index is 12.5. The summed E-state index contributed by atoms with van der Waals surface area (Å²) in [5.74, 6) is -0.341. The molecule has 0 spiro atoms. The van der Waals surface area contributed by atoms with Gasteiger partial charge < -0.3 is 20.0 Å². The van der Waals surface area contributed by atoms with E-state index in [0.29, 0.717) is 11.3 Å². The van der Waals surface area contributed by atoms with E-state index in [4.69, 9.17) is 4.74 Å². The number of carbonyl (C=O) groups is 2. The molecule has 3 unspecified atom stereocenters. The van der Waals surface area contributed by atoms with Crippen molar-refractivity contribution in [1.29, 1.82) is 0 Å². The van der Waals surface area contributed by atoms with E-state index in [0.717, 1.165) is 11.6 Å². The third-order valence-corrected chi connectivity index (χ3v) is 7.53. The Hall–Kier alpha value is -3.50. The van der Waals surface area contributed by atoms with E-state index in [1.54, 1.807) is 24.3 Å². The number of fused-ring (bicyclic) bond motifs is 3. The van der Waals surface area contributed by atoms with Gasteiger partial charge in [0.1, 0.15) is 6.17 Å². The lowest BCUT2D eigenvalue weighted by molar-refractivity contribution is -0.113. The van der Waals surface area contributed by atoms with E-state index in [9.17, 15) is 9.59 Å². The monoisotopic (exact) mass is 492 g/mol. The summed E-state index contributed by atoms with van der Waals surface area (Å²) in [6.07, 6.45) is 4.97. The van der Waals surface area contributed by atoms with Crippen LogP contribution in [0.4, 0.5) is 5.69 Å². The number of hydrazine groups is 1. The highest BCUT2D eigenvalue weighted by Gasteiger charge is 2.44. The fourth-order valence-corrected chi connectivity index (χ4v) is 5.26. The number of thioether (sulfide) groups is 1. The lowest BCUT2D eigenvalue weighted by atomic mass is 9.97. The van der Waals surface area contributed by atoms with Crippen LogP contribution in [-0.2, 0) is 9.53 Å². The van der Waals surface area contributed by atoms with Gasteiger partial charge in [0.2, 0.25) is 5.91 Å². The van der Waals surface area contributed by atoms with E-state index in [1.165, 1.54) is 35.6 Å². The van der Waals surface area contributed by atoms with E-state index in [-0.39, 0.29) is 29.9 Å². The topological polar surface area (TPSA) is 98.3 Å². The third kappa shape index (κ3) is 4.71. The Morgan fingerprint density at radius 3 is 2.69 bits per heavy atom. The Balaban J connectivity index is 1.16. The quantitative estimate of drug-likeness (QED) is 0.548. The Morgan fingerprint density at radius 1 is 1.14 bits per heavy atom. The molecule has 35 heavy (non-hydrogen) atoms. The number of rotatable bonds is 5. The third-order valence-electron chi connectivity index (χ3n) is 6.56. The molecule has 3 heterocycles. The molecule has 5 rings (SSSR count). The predicted molar refractivity (Wildman–Crippen MR) is 136 cm³/mol. The molecule has 0 saturated carbocycles. The van der Waals surface area contributed by atoms with Crippen molar-refractivity contribution < 1.29 is 14.3 Å². The van der Waals surface area contributed by atoms with Gasteiger partial charge >= 0.3 is 5.97 Å². The number of carbonyl (C=O) groups excluding carboxylic acids is 2. The number of nitrogens with zero attached hydrogens (tertiary/aromatic N) is 3. The van der Waals surface area contributed by atoms with Crippen LogP contribution in [-0.4, -0.2) is 52.0 Å². The molecule has 3 aliphatic heterocycles. The zero-order valence-electron chi connectivity index (χ0n) is 19.8. The molecule has 0 aliphatic carbocycles. The average molecular weight is 493 g/mol. The molecule has 3 N–H and O–H groups in total. The highest BCUT2D eigenvalue weighted by molar-refractivity contribution is 8.14. The van der Waals surface area contributed by atoms with Crippen molar-refractivity contribution in [1.82, 2.24) is 20.8 Å². The maximum atomic E-state index is 12.5. The van der Waals surface area contributed by atoms with E-state index in [1.807, 2.05) is 12.4 Å². The summed E-state index contributed by atoms with van der Waals surface area (Å²) in [6.45, 7) is 4.28. The maximum Gasteiger partial charge on any atom is 0.337 e. The molecule has 9 nitrogen and oxygen atoms in total. The summed E-state index contributed by atoms with van der Waals surface area (Å²) in [5, 5.41) is 10.3. The molecule has 1 fully saturated rings. The molecule has 3 aliphatic rings. The van der Waals surface area contributed by atoms with Gasteiger partial charge in [-0.05, 0) is 61.2 Å². The van der Waals surface area contributed by atoms with E-state index >= 15 is 0 Å². The number of hydrogen-bond donors (Lipinski definition) is 3. The summed E-state index contributed by atoms with van der Waals surface area (Å²) in [6, 6.07) is 13.7. The molecule has 0 bridgehead atoms. The van der Waals surface area contributed by atoms with Crippen LogP contribution in [0.25, 0.3) is 0 Å². The number of amidine groups is 1. The first-order valence-electron chi connectivity index (χ1n) is 11.5. The van der Waals surface area contributed by atoms with Gasteiger partial charge in [-0.15, -0.1) is 0 Å². The molecule has 1 saturated heterocycles. The minimum absolute atomic E-state index is 0.000437. The molecular weight excluding hydrogens is 464 g/mol. The predicted octanol–water partition coefficient (Wildman–Crippen LogP) is 3.07. The number of anilines is 1. The number of esters is 1. The van der Waals surface area contributed by atoms with Gasteiger partial charge in [0, 0.05) is 18.1 Å². The fraction of sp³-hybridized carbons (Fsp3) is 0.320. The molecular formula is C25H28N6O3S. The fourth-order valence-electron chi connectivity index (χ4n) is 4.48.